The summed E-state index contributed by atoms with van der Waals surface area (Å²) in [6.45, 7) is 9.24. The highest BCUT2D eigenvalue weighted by atomic mass is 16.5. The van der Waals surface area contributed by atoms with Crippen LogP contribution in [0.5, 0.6) is 0 Å². The van der Waals surface area contributed by atoms with Crippen molar-refractivity contribution in [2.24, 2.45) is 0 Å². The van der Waals surface area contributed by atoms with Gasteiger partial charge >= 0.3 is 6.03 Å². The summed E-state index contributed by atoms with van der Waals surface area (Å²) in [6.07, 6.45) is -0.515. The second-order valence-electron chi connectivity index (χ2n) is 6.60. The monoisotopic (exact) mass is 299 g/mol. The third kappa shape index (κ3) is 3.72. The summed E-state index contributed by atoms with van der Waals surface area (Å²) < 4.78 is 5.64. The van der Waals surface area contributed by atoms with Gasteiger partial charge in [0.2, 0.25) is 0 Å². The normalized spacial score (nSPS) is 31.4. The standard InChI is InChI=1S/C14H25N3O4/c1-9-5-16(6-10(2)21-9)7-11(18)8-17-12(19)14(3,4)15-13(17)20/h9-11,18H,5-8H2,1-4H3,(H,15,20). The molecule has 3 atom stereocenters. The van der Waals surface area contributed by atoms with E-state index in [0.717, 1.165) is 18.0 Å². The minimum atomic E-state index is -0.890. The Morgan fingerprint density at radius 3 is 2.33 bits per heavy atom. The van der Waals surface area contributed by atoms with Crippen molar-refractivity contribution < 1.29 is 19.4 Å². The average molecular weight is 299 g/mol. The zero-order valence-corrected chi connectivity index (χ0v) is 13.1. The molecule has 7 nitrogen and oxygen atoms in total. The molecule has 3 amide bonds. The first kappa shape index (κ1) is 16.2. The van der Waals surface area contributed by atoms with Gasteiger partial charge in [-0.1, -0.05) is 0 Å². The lowest BCUT2D eigenvalue weighted by Gasteiger charge is -2.36. The fraction of sp³-hybridized carbons (Fsp3) is 0.857. The van der Waals surface area contributed by atoms with Crippen LogP contribution in [0.4, 0.5) is 4.79 Å². The molecule has 21 heavy (non-hydrogen) atoms. The summed E-state index contributed by atoms with van der Waals surface area (Å²) in [5.41, 5.74) is -0.890. The van der Waals surface area contributed by atoms with Crippen LogP contribution in [0.3, 0.4) is 0 Å². The van der Waals surface area contributed by atoms with E-state index in [4.69, 9.17) is 4.74 Å². The van der Waals surface area contributed by atoms with E-state index >= 15 is 0 Å². The van der Waals surface area contributed by atoms with Crippen LogP contribution in [0.15, 0.2) is 0 Å². The SMILES string of the molecule is CC1CN(CC(O)CN2C(=O)NC(C)(C)C2=O)CC(C)O1. The van der Waals surface area contributed by atoms with E-state index in [2.05, 4.69) is 10.2 Å². The molecule has 0 aromatic heterocycles. The van der Waals surface area contributed by atoms with Crippen molar-refractivity contribution in [3.05, 3.63) is 0 Å². The molecule has 120 valence electrons. The van der Waals surface area contributed by atoms with E-state index in [1.54, 1.807) is 13.8 Å². The third-order valence-electron chi connectivity index (χ3n) is 3.80. The Bertz CT molecular complexity index is 416. The van der Waals surface area contributed by atoms with Crippen LogP contribution in [0.1, 0.15) is 27.7 Å². The molecule has 0 radical (unpaired) electrons. The maximum absolute atomic E-state index is 12.1. The van der Waals surface area contributed by atoms with Crippen molar-refractivity contribution in [1.29, 1.82) is 0 Å². The Balaban J connectivity index is 1.89. The minimum Gasteiger partial charge on any atom is -0.390 e. The number of aliphatic hydroxyl groups excluding tert-OH is 1. The van der Waals surface area contributed by atoms with Crippen molar-refractivity contribution in [2.45, 2.75) is 51.5 Å². The van der Waals surface area contributed by atoms with Gasteiger partial charge in [-0.05, 0) is 27.7 Å². The molecule has 0 bridgehead atoms. The molecule has 0 saturated carbocycles. The topological polar surface area (TPSA) is 82.1 Å². The number of β-amino-alcohol motifs (C(OH)–C–C–N with tert-alkyl or cyclic N) is 1. The van der Waals surface area contributed by atoms with Gasteiger partial charge in [0.1, 0.15) is 5.54 Å². The highest BCUT2D eigenvalue weighted by Gasteiger charge is 2.44. The predicted molar refractivity (Wildman–Crippen MR) is 76.8 cm³/mol. The molecule has 0 aromatic rings. The van der Waals surface area contributed by atoms with Gasteiger partial charge in [0, 0.05) is 19.6 Å². The van der Waals surface area contributed by atoms with Crippen molar-refractivity contribution in [2.75, 3.05) is 26.2 Å². The summed E-state index contributed by atoms with van der Waals surface area (Å²) >= 11 is 0. The maximum atomic E-state index is 12.1. The summed E-state index contributed by atoms with van der Waals surface area (Å²) in [7, 11) is 0. The number of ether oxygens (including phenoxy) is 1. The van der Waals surface area contributed by atoms with E-state index in [-0.39, 0.29) is 24.7 Å². The summed E-state index contributed by atoms with van der Waals surface area (Å²) in [4.78, 5) is 27.0. The molecular formula is C14H25N3O4. The van der Waals surface area contributed by atoms with Crippen LogP contribution < -0.4 is 5.32 Å². The molecule has 2 aliphatic rings. The number of rotatable bonds is 4. The number of carbonyl (C=O) groups excluding carboxylic acids is 2. The molecule has 7 heteroatoms. The number of nitrogens with zero attached hydrogens (tertiary/aromatic N) is 2. The average Bonchev–Trinajstić information content (AvgIpc) is 2.50. The van der Waals surface area contributed by atoms with Crippen molar-refractivity contribution in [3.8, 4) is 0 Å². The van der Waals surface area contributed by atoms with Gasteiger partial charge in [0.15, 0.2) is 0 Å². The summed E-state index contributed by atoms with van der Waals surface area (Å²) in [5, 5.41) is 12.8. The number of urea groups is 1. The fourth-order valence-corrected chi connectivity index (χ4v) is 2.98. The van der Waals surface area contributed by atoms with Gasteiger partial charge in [-0.3, -0.25) is 14.6 Å². The van der Waals surface area contributed by atoms with Crippen LogP contribution in [-0.4, -0.2) is 76.9 Å². The third-order valence-corrected chi connectivity index (χ3v) is 3.80. The zero-order valence-electron chi connectivity index (χ0n) is 13.1. The molecule has 3 unspecified atom stereocenters. The second kappa shape index (κ2) is 5.90. The number of imide groups is 1. The quantitative estimate of drug-likeness (QED) is 0.702. The number of hydrogen-bond donors (Lipinski definition) is 2. The van der Waals surface area contributed by atoms with Gasteiger partial charge < -0.3 is 15.2 Å². The molecule has 2 saturated heterocycles. The van der Waals surface area contributed by atoms with Gasteiger partial charge in [0.25, 0.3) is 5.91 Å². The van der Waals surface area contributed by atoms with Crippen LogP contribution in [0, 0.1) is 0 Å². The van der Waals surface area contributed by atoms with E-state index in [1.165, 1.54) is 0 Å². The number of hydrogen-bond acceptors (Lipinski definition) is 5. The lowest BCUT2D eigenvalue weighted by atomic mass is 10.1. The lowest BCUT2D eigenvalue weighted by molar-refractivity contribution is -0.131. The molecule has 2 rings (SSSR count). The Labute approximate surface area is 125 Å². The second-order valence-corrected chi connectivity index (χ2v) is 6.60. The molecule has 0 spiro atoms. The summed E-state index contributed by atoms with van der Waals surface area (Å²) in [5.74, 6) is -0.296. The van der Waals surface area contributed by atoms with Gasteiger partial charge in [-0.25, -0.2) is 4.79 Å². The number of aliphatic hydroxyl groups is 1. The Kier molecular flexibility index (Phi) is 4.55. The number of amides is 3. The van der Waals surface area contributed by atoms with E-state index in [0.29, 0.717) is 6.54 Å². The van der Waals surface area contributed by atoms with E-state index in [1.807, 2.05) is 13.8 Å². The Morgan fingerprint density at radius 1 is 1.29 bits per heavy atom. The first-order valence-electron chi connectivity index (χ1n) is 7.39. The lowest BCUT2D eigenvalue weighted by Crippen LogP contribution is -2.50. The fourth-order valence-electron chi connectivity index (χ4n) is 2.98. The highest BCUT2D eigenvalue weighted by Crippen LogP contribution is 2.17. The number of nitrogens with one attached hydrogen (secondary N) is 1. The molecule has 0 aliphatic carbocycles. The molecule has 2 fully saturated rings. The highest BCUT2D eigenvalue weighted by molar-refractivity contribution is 6.06. The minimum absolute atomic E-state index is 0.0220. The van der Waals surface area contributed by atoms with Gasteiger partial charge in [-0.2, -0.15) is 0 Å². The van der Waals surface area contributed by atoms with Crippen LogP contribution >= 0.6 is 0 Å². The zero-order chi connectivity index (χ0) is 15.8. The van der Waals surface area contributed by atoms with Crippen molar-refractivity contribution in [3.63, 3.8) is 0 Å². The van der Waals surface area contributed by atoms with Crippen LogP contribution in [0.25, 0.3) is 0 Å². The molecule has 2 aliphatic heterocycles. The largest absolute Gasteiger partial charge is 0.390 e. The first-order valence-corrected chi connectivity index (χ1v) is 7.39. The number of morpholine rings is 1. The maximum Gasteiger partial charge on any atom is 0.325 e. The molecular weight excluding hydrogens is 274 g/mol. The van der Waals surface area contributed by atoms with Gasteiger partial charge in [0.05, 0.1) is 24.9 Å². The van der Waals surface area contributed by atoms with E-state index in [9.17, 15) is 14.7 Å². The molecule has 2 N–H and O–H groups in total. The van der Waals surface area contributed by atoms with Crippen LogP contribution in [-0.2, 0) is 9.53 Å². The summed E-state index contributed by atoms with van der Waals surface area (Å²) in [6, 6.07) is -0.437. The first-order chi connectivity index (χ1) is 9.69. The predicted octanol–water partition coefficient (Wildman–Crippen LogP) is -0.213. The van der Waals surface area contributed by atoms with Gasteiger partial charge in [-0.15, -0.1) is 0 Å². The van der Waals surface area contributed by atoms with Crippen LogP contribution in [0.2, 0.25) is 0 Å². The van der Waals surface area contributed by atoms with Crippen molar-refractivity contribution >= 4 is 11.9 Å². The Hall–Kier alpha value is -1.18. The smallest absolute Gasteiger partial charge is 0.325 e. The Morgan fingerprint density at radius 2 is 1.86 bits per heavy atom. The molecule has 2 heterocycles. The number of carbonyl (C=O) groups is 2. The van der Waals surface area contributed by atoms with E-state index < -0.39 is 17.7 Å². The molecule has 0 aromatic carbocycles. The van der Waals surface area contributed by atoms with Crippen molar-refractivity contribution in [1.82, 2.24) is 15.1 Å².